The quantitative estimate of drug-likeness (QED) is 0.818. The number of carbonyl (C=O) groups is 1. The molecule has 7 nitrogen and oxygen atoms in total. The van der Waals surface area contributed by atoms with Gasteiger partial charge in [-0.05, 0) is 40.2 Å². The van der Waals surface area contributed by atoms with Crippen molar-refractivity contribution in [3.63, 3.8) is 0 Å². The molecule has 1 atom stereocenters. The Kier molecular flexibility index (Phi) is 5.52. The highest BCUT2D eigenvalue weighted by molar-refractivity contribution is 5.78. The molecule has 2 heterocycles. The van der Waals surface area contributed by atoms with Gasteiger partial charge in [-0.25, -0.2) is 4.68 Å². The van der Waals surface area contributed by atoms with E-state index in [-0.39, 0.29) is 17.4 Å². The van der Waals surface area contributed by atoms with Gasteiger partial charge in [0.1, 0.15) is 0 Å². The van der Waals surface area contributed by atoms with Gasteiger partial charge in [0, 0.05) is 26.2 Å². The highest BCUT2D eigenvalue weighted by Crippen LogP contribution is 2.19. The third-order valence-electron chi connectivity index (χ3n) is 3.93. The third kappa shape index (κ3) is 4.51. The molecule has 1 amide bonds. The van der Waals surface area contributed by atoms with Gasteiger partial charge in [0.05, 0.1) is 23.3 Å². The Morgan fingerprint density at radius 2 is 2.27 bits per heavy atom. The highest BCUT2D eigenvalue weighted by atomic mass is 16.1. The first kappa shape index (κ1) is 16.9. The lowest BCUT2D eigenvalue weighted by molar-refractivity contribution is -0.126. The minimum absolute atomic E-state index is 0.0537. The monoisotopic (exact) mass is 308 g/mol. The van der Waals surface area contributed by atoms with Crippen molar-refractivity contribution in [1.82, 2.24) is 25.2 Å². The standard InChI is InChI=1S/C15H28N6O/c1-15(2,3)21-11-13(18-19-21)10-20-8-4-5-12(9-20)14(22)17-7-6-16/h11-12H,4-10,16H2,1-3H3,(H,17,22). The molecule has 1 aromatic heterocycles. The number of nitrogens with one attached hydrogen (secondary N) is 1. The van der Waals surface area contributed by atoms with Crippen molar-refractivity contribution < 1.29 is 4.79 Å². The van der Waals surface area contributed by atoms with Crippen molar-refractivity contribution in [2.45, 2.75) is 45.7 Å². The molecule has 0 bridgehead atoms. The zero-order valence-corrected chi connectivity index (χ0v) is 13.9. The molecule has 22 heavy (non-hydrogen) atoms. The predicted octanol–water partition coefficient (Wildman–Crippen LogP) is 0.320. The number of amides is 1. The number of hydrogen-bond acceptors (Lipinski definition) is 5. The molecule has 0 saturated carbocycles. The first-order chi connectivity index (χ1) is 10.4. The molecule has 1 fully saturated rings. The third-order valence-corrected chi connectivity index (χ3v) is 3.93. The van der Waals surface area contributed by atoms with Crippen molar-refractivity contribution in [2.75, 3.05) is 26.2 Å². The Bertz CT molecular complexity index is 492. The molecule has 2 rings (SSSR count). The van der Waals surface area contributed by atoms with Crippen molar-refractivity contribution in [3.8, 4) is 0 Å². The Morgan fingerprint density at radius 3 is 2.91 bits per heavy atom. The molecular formula is C15H28N6O. The van der Waals surface area contributed by atoms with Crippen LogP contribution >= 0.6 is 0 Å². The smallest absolute Gasteiger partial charge is 0.224 e. The molecule has 124 valence electrons. The van der Waals surface area contributed by atoms with E-state index in [2.05, 4.69) is 41.3 Å². The van der Waals surface area contributed by atoms with Crippen LogP contribution in [0.25, 0.3) is 0 Å². The van der Waals surface area contributed by atoms with E-state index in [1.54, 1.807) is 0 Å². The second kappa shape index (κ2) is 7.19. The summed E-state index contributed by atoms with van der Waals surface area (Å²) in [5.74, 6) is 0.173. The normalized spacial score (nSPS) is 20.1. The molecule has 1 saturated heterocycles. The minimum Gasteiger partial charge on any atom is -0.355 e. The summed E-state index contributed by atoms with van der Waals surface area (Å²) in [6, 6.07) is 0. The highest BCUT2D eigenvalue weighted by Gasteiger charge is 2.26. The number of carbonyl (C=O) groups excluding carboxylic acids is 1. The van der Waals surface area contributed by atoms with E-state index in [4.69, 9.17) is 5.73 Å². The maximum absolute atomic E-state index is 12.1. The largest absolute Gasteiger partial charge is 0.355 e. The second-order valence-corrected chi connectivity index (χ2v) is 6.98. The Morgan fingerprint density at radius 1 is 1.50 bits per heavy atom. The van der Waals surface area contributed by atoms with E-state index < -0.39 is 0 Å². The summed E-state index contributed by atoms with van der Waals surface area (Å²) in [7, 11) is 0. The van der Waals surface area contributed by atoms with E-state index in [1.165, 1.54) is 0 Å². The van der Waals surface area contributed by atoms with E-state index in [0.29, 0.717) is 13.1 Å². The molecule has 0 aromatic carbocycles. The van der Waals surface area contributed by atoms with Crippen LogP contribution in [0.2, 0.25) is 0 Å². The van der Waals surface area contributed by atoms with Gasteiger partial charge in [-0.3, -0.25) is 9.69 Å². The molecule has 0 aliphatic carbocycles. The van der Waals surface area contributed by atoms with Crippen molar-refractivity contribution >= 4 is 5.91 Å². The van der Waals surface area contributed by atoms with Crippen LogP contribution in [0.1, 0.15) is 39.3 Å². The summed E-state index contributed by atoms with van der Waals surface area (Å²) in [5.41, 5.74) is 6.33. The Hall–Kier alpha value is -1.47. The summed E-state index contributed by atoms with van der Waals surface area (Å²) < 4.78 is 1.89. The van der Waals surface area contributed by atoms with E-state index in [0.717, 1.165) is 38.2 Å². The van der Waals surface area contributed by atoms with Crippen LogP contribution in [-0.2, 0) is 16.9 Å². The lowest BCUT2D eigenvalue weighted by Crippen LogP contribution is -2.43. The molecule has 1 aliphatic rings. The van der Waals surface area contributed by atoms with E-state index in [1.807, 2.05) is 10.9 Å². The first-order valence-electron chi connectivity index (χ1n) is 8.02. The lowest BCUT2D eigenvalue weighted by Gasteiger charge is -2.31. The summed E-state index contributed by atoms with van der Waals surface area (Å²) >= 11 is 0. The maximum atomic E-state index is 12.1. The van der Waals surface area contributed by atoms with Crippen LogP contribution < -0.4 is 11.1 Å². The predicted molar refractivity (Wildman–Crippen MR) is 85.1 cm³/mol. The van der Waals surface area contributed by atoms with Gasteiger partial charge in [-0.15, -0.1) is 5.10 Å². The van der Waals surface area contributed by atoms with Gasteiger partial charge in [0.2, 0.25) is 5.91 Å². The van der Waals surface area contributed by atoms with Crippen molar-refractivity contribution in [3.05, 3.63) is 11.9 Å². The molecule has 3 N–H and O–H groups in total. The van der Waals surface area contributed by atoms with E-state index in [9.17, 15) is 4.79 Å². The summed E-state index contributed by atoms with van der Waals surface area (Å²) in [6.07, 6.45) is 3.98. The van der Waals surface area contributed by atoms with Crippen molar-refractivity contribution in [2.24, 2.45) is 11.7 Å². The van der Waals surface area contributed by atoms with Gasteiger partial charge < -0.3 is 11.1 Å². The molecule has 0 spiro atoms. The molecule has 1 aromatic rings. The van der Waals surface area contributed by atoms with Crippen LogP contribution in [0.5, 0.6) is 0 Å². The Labute approximate surface area is 132 Å². The number of rotatable bonds is 5. The summed E-state index contributed by atoms with van der Waals surface area (Å²) in [6.45, 7) is 9.87. The van der Waals surface area contributed by atoms with Gasteiger partial charge >= 0.3 is 0 Å². The Balaban J connectivity index is 1.90. The zero-order chi connectivity index (χ0) is 16.2. The fourth-order valence-electron chi connectivity index (χ4n) is 2.68. The van der Waals surface area contributed by atoms with Gasteiger partial charge in [0.25, 0.3) is 0 Å². The topological polar surface area (TPSA) is 89.1 Å². The average molecular weight is 308 g/mol. The fourth-order valence-corrected chi connectivity index (χ4v) is 2.68. The summed E-state index contributed by atoms with van der Waals surface area (Å²) in [5, 5.41) is 11.3. The zero-order valence-electron chi connectivity index (χ0n) is 13.9. The number of hydrogen-bond donors (Lipinski definition) is 2. The molecule has 1 unspecified atom stereocenters. The van der Waals surface area contributed by atoms with Crippen LogP contribution in [0.4, 0.5) is 0 Å². The van der Waals surface area contributed by atoms with Crippen LogP contribution in [0, 0.1) is 5.92 Å². The second-order valence-electron chi connectivity index (χ2n) is 6.98. The molecule has 0 radical (unpaired) electrons. The number of nitrogens with zero attached hydrogens (tertiary/aromatic N) is 4. The van der Waals surface area contributed by atoms with Crippen LogP contribution in [0.15, 0.2) is 6.20 Å². The average Bonchev–Trinajstić information content (AvgIpc) is 2.93. The molecule has 7 heteroatoms. The minimum atomic E-state index is -0.0577. The number of piperidine rings is 1. The van der Waals surface area contributed by atoms with Gasteiger partial charge in [-0.2, -0.15) is 0 Å². The lowest BCUT2D eigenvalue weighted by atomic mass is 9.97. The molecular weight excluding hydrogens is 280 g/mol. The SMILES string of the molecule is CC(C)(C)n1cc(CN2CCCC(C(=O)NCCN)C2)nn1. The fraction of sp³-hybridized carbons (Fsp3) is 0.800. The number of likely N-dealkylation sites (tertiary alicyclic amines) is 1. The van der Waals surface area contributed by atoms with Crippen molar-refractivity contribution in [1.29, 1.82) is 0 Å². The van der Waals surface area contributed by atoms with Crippen LogP contribution in [0.3, 0.4) is 0 Å². The number of aromatic nitrogens is 3. The van der Waals surface area contributed by atoms with E-state index >= 15 is 0 Å². The maximum Gasteiger partial charge on any atom is 0.224 e. The first-order valence-corrected chi connectivity index (χ1v) is 8.02. The van der Waals surface area contributed by atoms with Gasteiger partial charge in [-0.1, -0.05) is 5.21 Å². The molecule has 1 aliphatic heterocycles. The van der Waals surface area contributed by atoms with Crippen LogP contribution in [-0.4, -0.2) is 52.0 Å². The van der Waals surface area contributed by atoms with Gasteiger partial charge in [0.15, 0.2) is 0 Å². The number of nitrogens with two attached hydrogens (primary N) is 1. The summed E-state index contributed by atoms with van der Waals surface area (Å²) in [4.78, 5) is 14.4.